The molecule has 0 aromatic carbocycles. The van der Waals surface area contributed by atoms with Gasteiger partial charge in [0.2, 0.25) is 0 Å². The summed E-state index contributed by atoms with van der Waals surface area (Å²) in [4.78, 5) is 4.24. The number of hydrogen-bond acceptors (Lipinski definition) is 2. The summed E-state index contributed by atoms with van der Waals surface area (Å²) in [5.74, 6) is 0. The Bertz CT molecular complexity index is 237. The highest BCUT2D eigenvalue weighted by molar-refractivity contribution is 14.1. The molecule has 0 amide bonds. The quantitative estimate of drug-likeness (QED) is 0.609. The zero-order valence-corrected chi connectivity index (χ0v) is 9.52. The molecule has 3 heteroatoms. The Labute approximate surface area is 85.1 Å². The van der Waals surface area contributed by atoms with Crippen molar-refractivity contribution in [1.82, 2.24) is 4.98 Å². The SMILES string of the molecule is CC(C)Sc1cc(I)ccn1. The highest BCUT2D eigenvalue weighted by Gasteiger charge is 1.98. The molecule has 1 rings (SSSR count). The second kappa shape index (κ2) is 4.30. The van der Waals surface area contributed by atoms with Gasteiger partial charge >= 0.3 is 0 Å². The summed E-state index contributed by atoms with van der Waals surface area (Å²) in [5, 5.41) is 1.73. The third kappa shape index (κ3) is 3.42. The fourth-order valence-electron chi connectivity index (χ4n) is 0.691. The molecular formula is C8H10INS. The van der Waals surface area contributed by atoms with Crippen molar-refractivity contribution in [3.63, 3.8) is 0 Å². The van der Waals surface area contributed by atoms with Crippen LogP contribution in [0.1, 0.15) is 13.8 Å². The molecular weight excluding hydrogens is 269 g/mol. The van der Waals surface area contributed by atoms with Gasteiger partial charge in [-0.1, -0.05) is 13.8 Å². The third-order valence-corrected chi connectivity index (χ3v) is 2.66. The fraction of sp³-hybridized carbons (Fsp3) is 0.375. The molecule has 11 heavy (non-hydrogen) atoms. The maximum absolute atomic E-state index is 4.24. The minimum Gasteiger partial charge on any atom is -0.250 e. The molecule has 60 valence electrons. The van der Waals surface area contributed by atoms with E-state index >= 15 is 0 Å². The van der Waals surface area contributed by atoms with Crippen LogP contribution in [0.5, 0.6) is 0 Å². The van der Waals surface area contributed by atoms with Crippen LogP contribution in [0, 0.1) is 3.57 Å². The Balaban J connectivity index is 2.71. The monoisotopic (exact) mass is 279 g/mol. The molecule has 0 saturated carbocycles. The van der Waals surface area contributed by atoms with Crippen LogP contribution in [0.25, 0.3) is 0 Å². The standard InChI is InChI=1S/C8H10INS/c1-6(2)11-8-5-7(9)3-4-10-8/h3-6H,1-2H3. The maximum Gasteiger partial charge on any atom is 0.0972 e. The van der Waals surface area contributed by atoms with E-state index < -0.39 is 0 Å². The summed E-state index contributed by atoms with van der Waals surface area (Å²) in [5.41, 5.74) is 0. The van der Waals surface area contributed by atoms with Crippen molar-refractivity contribution >= 4 is 34.4 Å². The van der Waals surface area contributed by atoms with Crippen molar-refractivity contribution in [3.05, 3.63) is 21.9 Å². The lowest BCUT2D eigenvalue weighted by Crippen LogP contribution is -1.88. The van der Waals surface area contributed by atoms with Crippen LogP contribution in [-0.4, -0.2) is 10.2 Å². The Morgan fingerprint density at radius 1 is 1.55 bits per heavy atom. The number of thioether (sulfide) groups is 1. The Morgan fingerprint density at radius 2 is 2.27 bits per heavy atom. The summed E-state index contributed by atoms with van der Waals surface area (Å²) >= 11 is 4.10. The first-order valence-corrected chi connectivity index (χ1v) is 5.42. The van der Waals surface area contributed by atoms with E-state index in [1.165, 1.54) is 3.57 Å². The molecule has 1 aromatic heterocycles. The van der Waals surface area contributed by atoms with Gasteiger partial charge in [-0.15, -0.1) is 11.8 Å². The van der Waals surface area contributed by atoms with Crippen LogP contribution in [-0.2, 0) is 0 Å². The normalized spacial score (nSPS) is 10.5. The van der Waals surface area contributed by atoms with Gasteiger partial charge in [0.1, 0.15) is 0 Å². The number of pyridine rings is 1. The van der Waals surface area contributed by atoms with Gasteiger partial charge in [0, 0.05) is 15.0 Å². The smallest absolute Gasteiger partial charge is 0.0972 e. The first kappa shape index (κ1) is 9.32. The van der Waals surface area contributed by atoms with Crippen LogP contribution in [0.15, 0.2) is 23.4 Å². The molecule has 1 nitrogen and oxygen atoms in total. The predicted molar refractivity (Wildman–Crippen MR) is 57.9 cm³/mol. The van der Waals surface area contributed by atoms with Crippen molar-refractivity contribution in [3.8, 4) is 0 Å². The summed E-state index contributed by atoms with van der Waals surface area (Å²) < 4.78 is 1.25. The van der Waals surface area contributed by atoms with Gasteiger partial charge in [-0.3, -0.25) is 0 Å². The van der Waals surface area contributed by atoms with Crippen LogP contribution in [0.4, 0.5) is 0 Å². The summed E-state index contributed by atoms with van der Waals surface area (Å²) in [6.45, 7) is 4.35. The maximum atomic E-state index is 4.24. The van der Waals surface area contributed by atoms with Gasteiger partial charge in [-0.25, -0.2) is 4.98 Å². The summed E-state index contributed by atoms with van der Waals surface area (Å²) in [6, 6.07) is 4.11. The number of aromatic nitrogens is 1. The number of nitrogens with zero attached hydrogens (tertiary/aromatic N) is 1. The van der Waals surface area contributed by atoms with Gasteiger partial charge in [0.25, 0.3) is 0 Å². The van der Waals surface area contributed by atoms with Gasteiger partial charge in [0.15, 0.2) is 0 Å². The van der Waals surface area contributed by atoms with Gasteiger partial charge in [0.05, 0.1) is 5.03 Å². The Morgan fingerprint density at radius 3 is 2.82 bits per heavy atom. The van der Waals surface area contributed by atoms with E-state index in [-0.39, 0.29) is 0 Å². The molecule has 1 heterocycles. The lowest BCUT2D eigenvalue weighted by molar-refractivity contribution is 1.07. The minimum absolute atomic E-state index is 0.612. The molecule has 0 fully saturated rings. The molecule has 0 radical (unpaired) electrons. The molecule has 0 atom stereocenters. The first-order chi connectivity index (χ1) is 5.18. The lowest BCUT2D eigenvalue weighted by atomic mass is 10.5. The molecule has 0 bridgehead atoms. The fourth-order valence-corrected chi connectivity index (χ4v) is 2.16. The van der Waals surface area contributed by atoms with E-state index in [0.29, 0.717) is 5.25 Å². The molecule has 1 aromatic rings. The Kier molecular flexibility index (Phi) is 3.65. The second-order valence-corrected chi connectivity index (χ2v) is 5.32. The van der Waals surface area contributed by atoms with E-state index in [1.54, 1.807) is 11.8 Å². The third-order valence-electron chi connectivity index (χ3n) is 1.05. The van der Waals surface area contributed by atoms with Crippen molar-refractivity contribution in [2.24, 2.45) is 0 Å². The van der Waals surface area contributed by atoms with Crippen LogP contribution in [0.2, 0.25) is 0 Å². The average Bonchev–Trinajstić information content (AvgIpc) is 1.85. The van der Waals surface area contributed by atoms with Crippen LogP contribution in [0.3, 0.4) is 0 Å². The summed E-state index contributed by atoms with van der Waals surface area (Å²) in [7, 11) is 0. The molecule has 0 aliphatic heterocycles. The van der Waals surface area contributed by atoms with E-state index in [1.807, 2.05) is 12.3 Å². The van der Waals surface area contributed by atoms with E-state index in [9.17, 15) is 0 Å². The van der Waals surface area contributed by atoms with Gasteiger partial charge in [-0.2, -0.15) is 0 Å². The first-order valence-electron chi connectivity index (χ1n) is 3.46. The van der Waals surface area contributed by atoms with Gasteiger partial charge in [-0.05, 0) is 34.7 Å². The van der Waals surface area contributed by atoms with Gasteiger partial charge < -0.3 is 0 Å². The zero-order valence-electron chi connectivity index (χ0n) is 6.54. The van der Waals surface area contributed by atoms with E-state index in [4.69, 9.17) is 0 Å². The number of hydrogen-bond donors (Lipinski definition) is 0. The number of rotatable bonds is 2. The molecule has 0 saturated heterocycles. The largest absolute Gasteiger partial charge is 0.250 e. The second-order valence-electron chi connectivity index (χ2n) is 2.48. The van der Waals surface area contributed by atoms with E-state index in [0.717, 1.165) is 5.03 Å². The Hall–Kier alpha value is 0.230. The lowest BCUT2D eigenvalue weighted by Gasteiger charge is -2.02. The van der Waals surface area contributed by atoms with Crippen molar-refractivity contribution in [2.75, 3.05) is 0 Å². The zero-order chi connectivity index (χ0) is 8.27. The van der Waals surface area contributed by atoms with Crippen molar-refractivity contribution in [2.45, 2.75) is 24.1 Å². The van der Waals surface area contributed by atoms with Crippen molar-refractivity contribution in [1.29, 1.82) is 0 Å². The molecule has 0 aliphatic carbocycles. The topological polar surface area (TPSA) is 12.9 Å². The molecule has 0 unspecified atom stereocenters. The molecule has 0 N–H and O–H groups in total. The molecule has 0 aliphatic rings. The number of halogens is 1. The van der Waals surface area contributed by atoms with Crippen molar-refractivity contribution < 1.29 is 0 Å². The summed E-state index contributed by atoms with van der Waals surface area (Å²) in [6.07, 6.45) is 1.85. The highest BCUT2D eigenvalue weighted by atomic mass is 127. The highest BCUT2D eigenvalue weighted by Crippen LogP contribution is 2.21. The van der Waals surface area contributed by atoms with E-state index in [2.05, 4.69) is 47.5 Å². The molecule has 0 spiro atoms. The average molecular weight is 279 g/mol. The van der Waals surface area contributed by atoms with Crippen LogP contribution < -0.4 is 0 Å². The minimum atomic E-state index is 0.612. The van der Waals surface area contributed by atoms with Crippen LogP contribution >= 0.6 is 34.4 Å². The predicted octanol–water partition coefficient (Wildman–Crippen LogP) is 3.19.